The Balaban J connectivity index is 1.56. The van der Waals surface area contributed by atoms with Gasteiger partial charge in [-0.1, -0.05) is 77.0 Å². The van der Waals surface area contributed by atoms with Gasteiger partial charge in [-0.3, -0.25) is 9.36 Å². The number of aromatic nitrogens is 1. The molecule has 0 radical (unpaired) electrons. The van der Waals surface area contributed by atoms with E-state index in [-0.39, 0.29) is 17.4 Å². The van der Waals surface area contributed by atoms with Gasteiger partial charge in [-0.15, -0.1) is 0 Å². The molecule has 0 N–H and O–H groups in total. The van der Waals surface area contributed by atoms with Gasteiger partial charge in [0.1, 0.15) is 5.75 Å². The van der Waals surface area contributed by atoms with E-state index in [2.05, 4.69) is 10.8 Å². The van der Waals surface area contributed by atoms with E-state index in [4.69, 9.17) is 28.2 Å². The summed E-state index contributed by atoms with van der Waals surface area (Å²) in [7, 11) is 0. The molecule has 0 spiro atoms. The van der Waals surface area contributed by atoms with E-state index in [1.807, 2.05) is 48.5 Å². The van der Waals surface area contributed by atoms with E-state index in [0.717, 1.165) is 47.2 Å². The fourth-order valence-corrected chi connectivity index (χ4v) is 6.45. The van der Waals surface area contributed by atoms with Gasteiger partial charge in [0.2, 0.25) is 0 Å². The third kappa shape index (κ3) is 5.29. The number of fused-ring (bicyclic) bond motifs is 1. The Hall–Kier alpha value is -3.52. The molecule has 3 aromatic carbocycles. The van der Waals surface area contributed by atoms with Crippen LogP contribution in [0.15, 0.2) is 99.4 Å². The van der Waals surface area contributed by atoms with Crippen LogP contribution in [0.3, 0.4) is 0 Å². The number of alkyl halides is 2. The zero-order chi connectivity index (χ0) is 27.8. The highest BCUT2D eigenvalue weighted by atomic mass is 35.5. The summed E-state index contributed by atoms with van der Waals surface area (Å²) in [5, 5.41) is 1.27. The lowest BCUT2D eigenvalue weighted by atomic mass is 9.84. The van der Waals surface area contributed by atoms with Crippen LogP contribution >= 0.6 is 34.5 Å². The number of halogens is 4. The van der Waals surface area contributed by atoms with Gasteiger partial charge in [0, 0.05) is 15.6 Å². The monoisotopic (exact) mass is 594 g/mol. The molecule has 1 unspecified atom stereocenters. The molecule has 202 valence electrons. The van der Waals surface area contributed by atoms with Gasteiger partial charge in [-0.05, 0) is 84.0 Å². The summed E-state index contributed by atoms with van der Waals surface area (Å²) in [6, 6.07) is 21.2. The minimum Gasteiger partial charge on any atom is -0.434 e. The molecular weight excluding hydrogens is 573 g/mol. The van der Waals surface area contributed by atoms with Crippen molar-refractivity contribution in [3.8, 4) is 5.75 Å². The van der Waals surface area contributed by atoms with Crippen molar-refractivity contribution < 1.29 is 13.5 Å². The van der Waals surface area contributed by atoms with Crippen molar-refractivity contribution in [2.45, 2.75) is 31.9 Å². The summed E-state index contributed by atoms with van der Waals surface area (Å²) in [5.41, 5.74) is 5.14. The van der Waals surface area contributed by atoms with Crippen molar-refractivity contribution in [3.05, 3.63) is 136 Å². The number of rotatable bonds is 5. The van der Waals surface area contributed by atoms with E-state index in [1.54, 1.807) is 28.8 Å². The fourth-order valence-electron chi connectivity index (χ4n) is 5.21. The van der Waals surface area contributed by atoms with Crippen LogP contribution in [0.2, 0.25) is 10.0 Å². The Kier molecular flexibility index (Phi) is 7.45. The Labute approximate surface area is 242 Å². The molecule has 0 amide bonds. The number of para-hydroxylation sites is 1. The Morgan fingerprint density at radius 1 is 0.950 bits per heavy atom. The molecule has 40 heavy (non-hydrogen) atoms. The van der Waals surface area contributed by atoms with Gasteiger partial charge >= 0.3 is 6.61 Å². The van der Waals surface area contributed by atoms with E-state index in [1.165, 1.54) is 17.4 Å². The lowest BCUT2D eigenvalue weighted by Crippen LogP contribution is -2.39. The summed E-state index contributed by atoms with van der Waals surface area (Å²) in [6.45, 7) is -2.97. The highest BCUT2D eigenvalue weighted by Gasteiger charge is 2.32. The van der Waals surface area contributed by atoms with Crippen molar-refractivity contribution in [2.24, 2.45) is 4.99 Å². The smallest absolute Gasteiger partial charge is 0.387 e. The van der Waals surface area contributed by atoms with Crippen LogP contribution in [-0.2, 0) is 0 Å². The van der Waals surface area contributed by atoms with E-state index in [9.17, 15) is 13.6 Å². The molecular formula is C31H22Cl2F2N2O2S. The predicted octanol–water partition coefficient (Wildman–Crippen LogP) is 7.39. The minimum absolute atomic E-state index is 0.00469. The number of ether oxygens (including phenoxy) is 1. The van der Waals surface area contributed by atoms with E-state index < -0.39 is 6.61 Å². The maximum atomic E-state index is 13.9. The maximum absolute atomic E-state index is 13.9. The summed E-state index contributed by atoms with van der Waals surface area (Å²) in [4.78, 5) is 19.5. The standard InChI is InChI=1S/C31H22Cl2F2N2O2S/c32-22-12-8-18(9-13-22)16-21-5-3-6-24-27(21)36-31-37(28(24)19-10-14-23(33)15-11-19)29(38)26(40-31)17-20-4-1-2-7-25(20)39-30(34)35/h1-2,4,7-17,28,30H,3,5-6H2/b21-16-,26-17+. The molecule has 0 saturated carbocycles. The van der Waals surface area contributed by atoms with Crippen LogP contribution in [0.25, 0.3) is 12.2 Å². The Bertz CT molecular complexity index is 1820. The third-order valence-corrected chi connectivity index (χ3v) is 8.44. The Morgan fingerprint density at radius 2 is 1.65 bits per heavy atom. The molecule has 1 aliphatic carbocycles. The molecule has 2 aliphatic rings. The maximum Gasteiger partial charge on any atom is 0.387 e. The van der Waals surface area contributed by atoms with Crippen LogP contribution in [0.1, 0.15) is 42.0 Å². The average molecular weight is 595 g/mol. The number of thiazole rings is 1. The van der Waals surface area contributed by atoms with E-state index >= 15 is 0 Å². The first kappa shape index (κ1) is 26.7. The molecule has 1 aliphatic heterocycles. The molecule has 6 rings (SSSR count). The summed E-state index contributed by atoms with van der Waals surface area (Å²) in [5.74, 6) is 0.00469. The fraction of sp³-hybridized carbons (Fsp3) is 0.161. The first-order chi connectivity index (χ1) is 19.4. The SMILES string of the molecule is O=c1/c(=C\c2ccccc2OC(F)F)sc2n1C(c1ccc(Cl)cc1)C1=C(N=2)/C(=C\c2ccc(Cl)cc2)CCC1. The number of hydrogen-bond acceptors (Lipinski definition) is 4. The van der Waals surface area contributed by atoms with Crippen molar-refractivity contribution in [3.63, 3.8) is 0 Å². The lowest BCUT2D eigenvalue weighted by Gasteiger charge is -2.31. The topological polar surface area (TPSA) is 43.6 Å². The Morgan fingerprint density at radius 3 is 2.38 bits per heavy atom. The number of nitrogens with zero attached hydrogens (tertiary/aromatic N) is 2. The molecule has 0 saturated heterocycles. The van der Waals surface area contributed by atoms with Crippen LogP contribution in [-0.4, -0.2) is 11.2 Å². The van der Waals surface area contributed by atoms with Crippen LogP contribution in [0.5, 0.6) is 5.75 Å². The third-order valence-electron chi connectivity index (χ3n) is 6.95. The largest absolute Gasteiger partial charge is 0.434 e. The highest BCUT2D eigenvalue weighted by molar-refractivity contribution is 7.07. The second kappa shape index (κ2) is 11.2. The predicted molar refractivity (Wildman–Crippen MR) is 156 cm³/mol. The zero-order valence-corrected chi connectivity index (χ0v) is 23.3. The summed E-state index contributed by atoms with van der Waals surface area (Å²) < 4.78 is 32.8. The molecule has 4 aromatic rings. The zero-order valence-electron chi connectivity index (χ0n) is 21.0. The molecule has 0 fully saturated rings. The second-order valence-electron chi connectivity index (χ2n) is 9.50. The summed E-state index contributed by atoms with van der Waals surface area (Å²) in [6.07, 6.45) is 6.28. The van der Waals surface area contributed by atoms with Gasteiger partial charge in [0.05, 0.1) is 16.3 Å². The number of allylic oxidation sites excluding steroid dienone is 2. The van der Waals surface area contributed by atoms with Gasteiger partial charge in [0.25, 0.3) is 5.56 Å². The van der Waals surface area contributed by atoms with Crippen molar-refractivity contribution in [1.82, 2.24) is 4.57 Å². The molecule has 1 aromatic heterocycles. The molecule has 2 heterocycles. The lowest BCUT2D eigenvalue weighted by molar-refractivity contribution is -0.0499. The summed E-state index contributed by atoms with van der Waals surface area (Å²) >= 11 is 13.5. The number of benzene rings is 3. The van der Waals surface area contributed by atoms with Crippen LogP contribution in [0.4, 0.5) is 8.78 Å². The first-order valence-corrected chi connectivity index (χ1v) is 14.3. The van der Waals surface area contributed by atoms with Gasteiger partial charge in [-0.25, -0.2) is 4.99 Å². The van der Waals surface area contributed by atoms with Gasteiger partial charge in [-0.2, -0.15) is 8.78 Å². The van der Waals surface area contributed by atoms with Crippen LogP contribution < -0.4 is 19.6 Å². The average Bonchev–Trinajstić information content (AvgIpc) is 3.25. The quantitative estimate of drug-likeness (QED) is 0.242. The molecule has 4 nitrogen and oxygen atoms in total. The van der Waals surface area contributed by atoms with Gasteiger partial charge in [0.15, 0.2) is 4.80 Å². The van der Waals surface area contributed by atoms with Crippen molar-refractivity contribution in [1.29, 1.82) is 0 Å². The molecule has 0 bridgehead atoms. The molecule has 1 atom stereocenters. The van der Waals surface area contributed by atoms with Gasteiger partial charge < -0.3 is 4.74 Å². The van der Waals surface area contributed by atoms with E-state index in [0.29, 0.717) is 24.9 Å². The van der Waals surface area contributed by atoms with Crippen LogP contribution in [0, 0.1) is 0 Å². The van der Waals surface area contributed by atoms with Crippen molar-refractivity contribution in [2.75, 3.05) is 0 Å². The number of hydrogen-bond donors (Lipinski definition) is 0. The first-order valence-electron chi connectivity index (χ1n) is 12.7. The minimum atomic E-state index is -2.97. The second-order valence-corrected chi connectivity index (χ2v) is 11.4. The van der Waals surface area contributed by atoms with Crippen molar-refractivity contribution >= 4 is 46.7 Å². The molecule has 9 heteroatoms. The normalized spacial score (nSPS) is 18.1. The highest BCUT2D eigenvalue weighted by Crippen LogP contribution is 2.41.